The second kappa shape index (κ2) is 9.17. The van der Waals surface area contributed by atoms with E-state index in [1.807, 2.05) is 25.1 Å². The number of anilines is 2. The molecule has 0 aliphatic heterocycles. The lowest BCUT2D eigenvalue weighted by atomic mass is 10.1. The normalized spacial score (nSPS) is 10.4. The Morgan fingerprint density at radius 3 is 2.35 bits per heavy atom. The van der Waals surface area contributed by atoms with Gasteiger partial charge in [-0.15, -0.1) is 0 Å². The maximum atomic E-state index is 12.4. The highest BCUT2D eigenvalue weighted by molar-refractivity contribution is 6.06. The molecule has 134 valence electrons. The minimum absolute atomic E-state index is 0.239. The number of carbonyl (C=O) groups is 3. The lowest BCUT2D eigenvalue weighted by Crippen LogP contribution is -2.13. The van der Waals surface area contributed by atoms with E-state index < -0.39 is 11.9 Å². The third-order valence-electron chi connectivity index (χ3n) is 3.33. The van der Waals surface area contributed by atoms with Crippen LogP contribution in [0.3, 0.4) is 0 Å². The first-order chi connectivity index (χ1) is 12.5. The first-order valence-corrected chi connectivity index (χ1v) is 8.12. The molecule has 0 fully saturated rings. The van der Waals surface area contributed by atoms with Crippen LogP contribution in [-0.2, 0) is 14.3 Å². The average molecular weight is 352 g/mol. The Bertz CT molecular complexity index is 843. The average Bonchev–Trinajstić information content (AvgIpc) is 2.60. The van der Waals surface area contributed by atoms with E-state index in [-0.39, 0.29) is 12.5 Å². The zero-order chi connectivity index (χ0) is 18.9. The first kappa shape index (κ1) is 18.9. The number of rotatable bonds is 6. The van der Waals surface area contributed by atoms with Gasteiger partial charge in [-0.05, 0) is 49.7 Å². The van der Waals surface area contributed by atoms with Crippen molar-refractivity contribution < 1.29 is 19.1 Å². The summed E-state index contributed by atoms with van der Waals surface area (Å²) in [5, 5.41) is 5.40. The van der Waals surface area contributed by atoms with Crippen LogP contribution in [0.25, 0.3) is 0 Å². The van der Waals surface area contributed by atoms with E-state index in [2.05, 4.69) is 10.6 Å². The molecule has 2 aromatic rings. The molecule has 0 unspecified atom stereocenters. The molecule has 2 N–H and O–H groups in total. The van der Waals surface area contributed by atoms with Crippen LogP contribution < -0.4 is 10.6 Å². The summed E-state index contributed by atoms with van der Waals surface area (Å²) in [5.74, 6) is -1.36. The lowest BCUT2D eigenvalue weighted by Gasteiger charge is -2.08. The molecule has 26 heavy (non-hydrogen) atoms. The van der Waals surface area contributed by atoms with Crippen molar-refractivity contribution in [3.63, 3.8) is 0 Å². The fourth-order valence-electron chi connectivity index (χ4n) is 2.18. The Labute approximate surface area is 151 Å². The van der Waals surface area contributed by atoms with Crippen molar-refractivity contribution in [3.8, 4) is 0 Å². The zero-order valence-electron chi connectivity index (χ0n) is 14.6. The molecule has 2 amide bonds. The second-order valence-electron chi connectivity index (χ2n) is 5.48. The van der Waals surface area contributed by atoms with E-state index in [0.29, 0.717) is 16.9 Å². The predicted octanol–water partition coefficient (Wildman–Crippen LogP) is 3.31. The highest BCUT2D eigenvalue weighted by atomic mass is 16.5. The van der Waals surface area contributed by atoms with Gasteiger partial charge < -0.3 is 15.4 Å². The minimum Gasteiger partial charge on any atom is -0.463 e. The molecule has 6 nitrogen and oxygen atoms in total. The molecule has 0 heterocycles. The molecule has 0 aliphatic carbocycles. The van der Waals surface area contributed by atoms with Crippen molar-refractivity contribution in [2.75, 3.05) is 17.2 Å². The Balaban J connectivity index is 2.01. The summed E-state index contributed by atoms with van der Waals surface area (Å²) in [6.45, 7) is 3.86. The number of ether oxygens (including phenoxy) is 1. The van der Waals surface area contributed by atoms with Gasteiger partial charge in [0.25, 0.3) is 5.91 Å². The fraction of sp³-hybridized carbons (Fsp3) is 0.150. The van der Waals surface area contributed by atoms with Gasteiger partial charge in [-0.1, -0.05) is 18.2 Å². The quantitative estimate of drug-likeness (QED) is 0.617. The van der Waals surface area contributed by atoms with Crippen LogP contribution in [0.4, 0.5) is 11.4 Å². The molecule has 0 atom stereocenters. The molecular weight excluding hydrogens is 332 g/mol. The van der Waals surface area contributed by atoms with Crippen LogP contribution in [0.5, 0.6) is 0 Å². The van der Waals surface area contributed by atoms with Crippen LogP contribution in [-0.4, -0.2) is 24.4 Å². The van der Waals surface area contributed by atoms with E-state index in [9.17, 15) is 14.4 Å². The van der Waals surface area contributed by atoms with Gasteiger partial charge in [-0.25, -0.2) is 4.79 Å². The van der Waals surface area contributed by atoms with Crippen LogP contribution in [0.15, 0.2) is 60.7 Å². The predicted molar refractivity (Wildman–Crippen MR) is 100.0 cm³/mol. The molecule has 0 spiro atoms. The first-order valence-electron chi connectivity index (χ1n) is 8.12. The summed E-state index contributed by atoms with van der Waals surface area (Å²) in [4.78, 5) is 35.4. The van der Waals surface area contributed by atoms with Crippen molar-refractivity contribution in [1.29, 1.82) is 0 Å². The summed E-state index contributed by atoms with van der Waals surface area (Å²) >= 11 is 0. The van der Waals surface area contributed by atoms with Crippen molar-refractivity contribution >= 4 is 29.2 Å². The number of hydrogen-bond acceptors (Lipinski definition) is 4. The van der Waals surface area contributed by atoms with Crippen LogP contribution >= 0.6 is 0 Å². The SMILES string of the molecule is CCOC(=O)/C=C/C(=O)Nc1cccc(C(=O)Nc2cccc(C)c2)c1. The number of nitrogens with one attached hydrogen (secondary N) is 2. The second-order valence-corrected chi connectivity index (χ2v) is 5.48. The van der Waals surface area contributed by atoms with Crippen LogP contribution in [0.2, 0.25) is 0 Å². The standard InChI is InChI=1S/C20H20N2O4/c1-3-26-19(24)11-10-18(23)21-17-9-5-7-15(13-17)20(25)22-16-8-4-6-14(2)12-16/h4-13H,3H2,1-2H3,(H,21,23)(H,22,25)/b11-10+. The number of amides is 2. The summed E-state index contributed by atoms with van der Waals surface area (Å²) < 4.78 is 4.70. The summed E-state index contributed by atoms with van der Waals surface area (Å²) in [6.07, 6.45) is 2.13. The number of benzene rings is 2. The van der Waals surface area contributed by atoms with Gasteiger partial charge in [0.05, 0.1) is 6.61 Å². The van der Waals surface area contributed by atoms with Crippen molar-refractivity contribution in [1.82, 2.24) is 0 Å². The van der Waals surface area contributed by atoms with E-state index >= 15 is 0 Å². The number of carbonyl (C=O) groups excluding carboxylic acids is 3. The van der Waals surface area contributed by atoms with Crippen LogP contribution in [0, 0.1) is 6.92 Å². The topological polar surface area (TPSA) is 84.5 Å². The largest absolute Gasteiger partial charge is 0.463 e. The molecule has 0 bridgehead atoms. The summed E-state index contributed by atoms with van der Waals surface area (Å²) in [7, 11) is 0. The highest BCUT2D eigenvalue weighted by Gasteiger charge is 2.08. The van der Waals surface area contributed by atoms with Crippen molar-refractivity contribution in [3.05, 3.63) is 71.8 Å². The number of aryl methyl sites for hydroxylation is 1. The lowest BCUT2D eigenvalue weighted by molar-refractivity contribution is -0.137. The van der Waals surface area contributed by atoms with Gasteiger partial charge in [0.1, 0.15) is 0 Å². The van der Waals surface area contributed by atoms with E-state index in [4.69, 9.17) is 4.74 Å². The van der Waals surface area contributed by atoms with Crippen molar-refractivity contribution in [2.24, 2.45) is 0 Å². The highest BCUT2D eigenvalue weighted by Crippen LogP contribution is 2.14. The molecule has 0 saturated carbocycles. The summed E-state index contributed by atoms with van der Waals surface area (Å²) in [6, 6.07) is 14.0. The smallest absolute Gasteiger partial charge is 0.330 e. The third kappa shape index (κ3) is 5.90. The van der Waals surface area contributed by atoms with Gasteiger partial charge in [-0.2, -0.15) is 0 Å². The molecule has 0 aromatic heterocycles. The summed E-state index contributed by atoms with van der Waals surface area (Å²) in [5.41, 5.74) is 2.58. The van der Waals surface area contributed by atoms with Crippen LogP contribution in [0.1, 0.15) is 22.8 Å². The molecule has 2 rings (SSSR count). The minimum atomic E-state index is -0.589. The maximum Gasteiger partial charge on any atom is 0.330 e. The maximum absolute atomic E-state index is 12.4. The fourth-order valence-corrected chi connectivity index (χ4v) is 2.18. The third-order valence-corrected chi connectivity index (χ3v) is 3.33. The molecular formula is C20H20N2O4. The van der Waals surface area contributed by atoms with Crippen molar-refractivity contribution in [2.45, 2.75) is 13.8 Å². The molecule has 0 saturated heterocycles. The Hall–Kier alpha value is -3.41. The zero-order valence-corrected chi connectivity index (χ0v) is 14.6. The Morgan fingerprint density at radius 2 is 1.65 bits per heavy atom. The van der Waals surface area contributed by atoms with E-state index in [1.54, 1.807) is 37.3 Å². The van der Waals surface area contributed by atoms with Gasteiger partial charge in [0.2, 0.25) is 5.91 Å². The van der Waals surface area contributed by atoms with Gasteiger partial charge >= 0.3 is 5.97 Å². The van der Waals surface area contributed by atoms with Gasteiger partial charge in [-0.3, -0.25) is 9.59 Å². The van der Waals surface area contributed by atoms with Gasteiger partial charge in [0, 0.05) is 29.1 Å². The molecule has 6 heteroatoms. The number of hydrogen-bond donors (Lipinski definition) is 2. The monoisotopic (exact) mass is 352 g/mol. The number of esters is 1. The molecule has 2 aromatic carbocycles. The van der Waals surface area contributed by atoms with Gasteiger partial charge in [0.15, 0.2) is 0 Å². The molecule has 0 radical (unpaired) electrons. The van der Waals surface area contributed by atoms with E-state index in [0.717, 1.165) is 17.7 Å². The van der Waals surface area contributed by atoms with E-state index in [1.165, 1.54) is 0 Å². The Morgan fingerprint density at radius 1 is 0.962 bits per heavy atom. The Kier molecular flexibility index (Phi) is 6.68. The molecule has 0 aliphatic rings.